The van der Waals surface area contributed by atoms with E-state index >= 15 is 0 Å². The molecule has 0 aliphatic heterocycles. The first-order valence-electron chi connectivity index (χ1n) is 9.01. The third kappa shape index (κ3) is 3.56. The lowest BCUT2D eigenvalue weighted by Crippen LogP contribution is -2.31. The summed E-state index contributed by atoms with van der Waals surface area (Å²) in [7, 11) is 0. The van der Waals surface area contributed by atoms with Gasteiger partial charge >= 0.3 is 0 Å². The first kappa shape index (κ1) is 17.3. The van der Waals surface area contributed by atoms with E-state index in [9.17, 15) is 9.18 Å². The van der Waals surface area contributed by atoms with Crippen LogP contribution in [-0.2, 0) is 17.6 Å². The molecule has 1 aromatic heterocycles. The molecule has 1 amide bonds. The molecule has 1 atom stereocenters. The predicted octanol–water partition coefficient (Wildman–Crippen LogP) is 3.91. The Balaban J connectivity index is 1.56. The van der Waals surface area contributed by atoms with Crippen LogP contribution in [0, 0.1) is 5.82 Å². The van der Waals surface area contributed by atoms with Crippen LogP contribution < -0.4 is 10.1 Å². The molecular weight excluding hydrogens is 345 g/mol. The van der Waals surface area contributed by atoms with Gasteiger partial charge in [0.05, 0.1) is 11.4 Å². The number of halogens is 1. The maximum Gasteiger partial charge on any atom is 0.266 e. The van der Waals surface area contributed by atoms with Gasteiger partial charge in [0.1, 0.15) is 17.4 Å². The number of benzene rings is 2. The fourth-order valence-electron chi connectivity index (χ4n) is 3.27. The summed E-state index contributed by atoms with van der Waals surface area (Å²) in [6.45, 7) is 1.67. The van der Waals surface area contributed by atoms with Crippen LogP contribution in [0.25, 0.3) is 5.69 Å². The normalized spacial score (nSPS) is 13.9. The summed E-state index contributed by atoms with van der Waals surface area (Å²) in [5.74, 6) is 0.530. The molecule has 3 aromatic rings. The molecule has 1 heterocycles. The molecule has 5 nitrogen and oxygen atoms in total. The van der Waals surface area contributed by atoms with E-state index in [1.807, 2.05) is 30.3 Å². The number of ether oxygens (including phenoxy) is 1. The Kier molecular flexibility index (Phi) is 4.62. The van der Waals surface area contributed by atoms with Crippen LogP contribution in [0.5, 0.6) is 5.75 Å². The zero-order chi connectivity index (χ0) is 18.8. The van der Waals surface area contributed by atoms with Crippen LogP contribution in [0.4, 0.5) is 10.2 Å². The number of aromatic nitrogens is 2. The molecule has 0 bridgehead atoms. The Morgan fingerprint density at radius 2 is 1.89 bits per heavy atom. The number of rotatable bonds is 5. The van der Waals surface area contributed by atoms with Crippen molar-refractivity contribution >= 4 is 11.7 Å². The van der Waals surface area contributed by atoms with Gasteiger partial charge in [0.25, 0.3) is 5.91 Å². The maximum absolute atomic E-state index is 13.0. The summed E-state index contributed by atoms with van der Waals surface area (Å²) in [4.78, 5) is 12.7. The minimum absolute atomic E-state index is 0.272. The molecule has 1 aliphatic carbocycles. The van der Waals surface area contributed by atoms with Crippen LogP contribution in [0.1, 0.15) is 24.6 Å². The lowest BCUT2D eigenvalue weighted by molar-refractivity contribution is -0.122. The Bertz CT molecular complexity index is 952. The van der Waals surface area contributed by atoms with Crippen molar-refractivity contribution in [3.8, 4) is 11.4 Å². The zero-order valence-corrected chi connectivity index (χ0v) is 15.0. The van der Waals surface area contributed by atoms with E-state index in [2.05, 4.69) is 10.4 Å². The number of fused-ring (bicyclic) bond motifs is 1. The van der Waals surface area contributed by atoms with Crippen LogP contribution in [0.2, 0.25) is 0 Å². The van der Waals surface area contributed by atoms with E-state index in [1.165, 1.54) is 24.3 Å². The number of hydrogen-bond donors (Lipinski definition) is 1. The van der Waals surface area contributed by atoms with E-state index in [4.69, 9.17) is 4.74 Å². The topological polar surface area (TPSA) is 56.1 Å². The van der Waals surface area contributed by atoms with E-state index in [-0.39, 0.29) is 11.7 Å². The van der Waals surface area contributed by atoms with Crippen molar-refractivity contribution in [1.82, 2.24) is 9.78 Å². The number of aryl methyl sites for hydroxylation is 1. The monoisotopic (exact) mass is 365 g/mol. The highest BCUT2D eigenvalue weighted by Gasteiger charge is 2.26. The molecule has 1 aliphatic rings. The number of carbonyl (C=O) groups is 1. The third-order valence-corrected chi connectivity index (χ3v) is 4.65. The Morgan fingerprint density at radius 3 is 2.63 bits per heavy atom. The van der Waals surface area contributed by atoms with Gasteiger partial charge in [0.15, 0.2) is 6.10 Å². The quantitative estimate of drug-likeness (QED) is 0.746. The second-order valence-electron chi connectivity index (χ2n) is 6.58. The van der Waals surface area contributed by atoms with Gasteiger partial charge in [0, 0.05) is 5.56 Å². The Morgan fingerprint density at radius 1 is 1.15 bits per heavy atom. The van der Waals surface area contributed by atoms with Gasteiger partial charge in [-0.3, -0.25) is 4.79 Å². The molecule has 0 saturated carbocycles. The van der Waals surface area contributed by atoms with Gasteiger partial charge in [-0.2, -0.15) is 5.10 Å². The molecule has 0 spiro atoms. The molecule has 6 heteroatoms. The highest BCUT2D eigenvalue weighted by molar-refractivity contribution is 5.94. The van der Waals surface area contributed by atoms with Crippen LogP contribution in [0.15, 0.2) is 54.6 Å². The molecule has 0 fully saturated rings. The number of amides is 1. The van der Waals surface area contributed by atoms with Gasteiger partial charge in [-0.25, -0.2) is 9.07 Å². The van der Waals surface area contributed by atoms with Crippen molar-refractivity contribution < 1.29 is 13.9 Å². The molecule has 0 saturated heterocycles. The van der Waals surface area contributed by atoms with Crippen LogP contribution in [0.3, 0.4) is 0 Å². The lowest BCUT2D eigenvalue weighted by Gasteiger charge is -2.16. The van der Waals surface area contributed by atoms with E-state index < -0.39 is 6.10 Å². The molecule has 4 rings (SSSR count). The van der Waals surface area contributed by atoms with Gasteiger partial charge < -0.3 is 10.1 Å². The molecule has 0 radical (unpaired) electrons. The third-order valence-electron chi connectivity index (χ3n) is 4.65. The van der Waals surface area contributed by atoms with Crippen molar-refractivity contribution in [2.24, 2.45) is 0 Å². The van der Waals surface area contributed by atoms with Crippen molar-refractivity contribution in [2.75, 3.05) is 5.32 Å². The summed E-state index contributed by atoms with van der Waals surface area (Å²) in [6.07, 6.45) is 2.12. The molecular formula is C21H20FN3O2. The molecule has 2 aromatic carbocycles. The predicted molar refractivity (Wildman–Crippen MR) is 101 cm³/mol. The summed E-state index contributed by atoms with van der Waals surface area (Å²) < 4.78 is 20.4. The minimum atomic E-state index is -0.730. The largest absolute Gasteiger partial charge is 0.481 e. The first-order valence-corrected chi connectivity index (χ1v) is 9.01. The van der Waals surface area contributed by atoms with Gasteiger partial charge in [0.2, 0.25) is 0 Å². The second-order valence-corrected chi connectivity index (χ2v) is 6.58. The van der Waals surface area contributed by atoms with E-state index in [0.717, 1.165) is 36.2 Å². The standard InChI is InChI=1S/C21H20FN3O2/c1-14(27-17-12-10-15(22)11-13-17)21(26)23-20-18-8-5-9-19(18)24-25(20)16-6-3-2-4-7-16/h2-4,6-7,10-14H,5,8-9H2,1H3,(H,23,26). The number of nitrogens with zero attached hydrogens (tertiary/aromatic N) is 2. The second kappa shape index (κ2) is 7.23. The number of carbonyl (C=O) groups excluding carboxylic acids is 1. The Hall–Kier alpha value is -3.15. The van der Waals surface area contributed by atoms with Crippen molar-refractivity contribution in [1.29, 1.82) is 0 Å². The lowest BCUT2D eigenvalue weighted by atomic mass is 10.2. The highest BCUT2D eigenvalue weighted by atomic mass is 19.1. The number of hydrogen-bond acceptors (Lipinski definition) is 3. The van der Waals surface area contributed by atoms with E-state index in [0.29, 0.717) is 11.6 Å². The molecule has 1 unspecified atom stereocenters. The van der Waals surface area contributed by atoms with Crippen molar-refractivity contribution in [2.45, 2.75) is 32.3 Å². The average molecular weight is 365 g/mol. The molecule has 138 valence electrons. The fourth-order valence-corrected chi connectivity index (χ4v) is 3.27. The maximum atomic E-state index is 13.0. The zero-order valence-electron chi connectivity index (χ0n) is 15.0. The summed E-state index contributed by atoms with van der Waals surface area (Å²) >= 11 is 0. The number of anilines is 1. The van der Waals surface area contributed by atoms with Crippen molar-refractivity contribution in [3.05, 3.63) is 71.7 Å². The fraction of sp³-hybridized carbons (Fsp3) is 0.238. The Labute approximate surface area is 156 Å². The van der Waals surface area contributed by atoms with Gasteiger partial charge in [-0.05, 0) is 62.6 Å². The first-order chi connectivity index (χ1) is 13.1. The number of nitrogens with one attached hydrogen (secondary N) is 1. The average Bonchev–Trinajstić information content (AvgIpc) is 3.27. The summed E-state index contributed by atoms with van der Waals surface area (Å²) in [5, 5.41) is 7.67. The molecule has 27 heavy (non-hydrogen) atoms. The SMILES string of the molecule is CC(Oc1ccc(F)cc1)C(=O)Nc1c2c(nn1-c1ccccc1)CCC2. The van der Waals surface area contributed by atoms with Crippen molar-refractivity contribution in [3.63, 3.8) is 0 Å². The van der Waals surface area contributed by atoms with Gasteiger partial charge in [-0.15, -0.1) is 0 Å². The van der Waals surface area contributed by atoms with Crippen LogP contribution >= 0.6 is 0 Å². The van der Waals surface area contributed by atoms with Gasteiger partial charge in [-0.1, -0.05) is 18.2 Å². The van der Waals surface area contributed by atoms with E-state index in [1.54, 1.807) is 11.6 Å². The minimum Gasteiger partial charge on any atom is -0.481 e. The van der Waals surface area contributed by atoms with Crippen LogP contribution in [-0.4, -0.2) is 21.8 Å². The summed E-state index contributed by atoms with van der Waals surface area (Å²) in [6, 6.07) is 15.3. The number of para-hydroxylation sites is 1. The molecule has 1 N–H and O–H groups in total. The highest BCUT2D eigenvalue weighted by Crippen LogP contribution is 2.31. The smallest absolute Gasteiger partial charge is 0.266 e. The summed E-state index contributed by atoms with van der Waals surface area (Å²) in [5.41, 5.74) is 3.01.